The zero-order valence-corrected chi connectivity index (χ0v) is 36.2. The van der Waals surface area contributed by atoms with Crippen molar-refractivity contribution < 1.29 is 62.7 Å². The second-order valence-electron chi connectivity index (χ2n) is 16.1. The number of nitrogens with zero attached hydrogens (tertiary/aromatic N) is 1. The first-order valence-electron chi connectivity index (χ1n) is 20.0. The van der Waals surface area contributed by atoms with Gasteiger partial charge in [0.1, 0.15) is 29.0 Å². The lowest BCUT2D eigenvalue weighted by Crippen LogP contribution is -2.46. The van der Waals surface area contributed by atoms with Crippen LogP contribution in [-0.2, 0) is 23.8 Å². The van der Waals surface area contributed by atoms with Crippen LogP contribution in [0.4, 0.5) is 0 Å². The number of carbonyl (C=O) groups excluding carboxylic acids is 6. The predicted molar refractivity (Wildman–Crippen MR) is 222 cm³/mol. The van der Waals surface area contributed by atoms with E-state index in [4.69, 9.17) is 23.7 Å². The molecule has 2 aromatic carbocycles. The molecule has 2 aromatic rings. The molecule has 0 aromatic heterocycles. The summed E-state index contributed by atoms with van der Waals surface area (Å²) in [6.07, 6.45) is 3.28. The van der Waals surface area contributed by atoms with Gasteiger partial charge in [0.05, 0.1) is 46.8 Å². The standard InChI is InChI=1S/C46H54N2O13/c1-22-16-15-17-23(2)44(55)47-34-35(48(9)10)39(53)31-32(38(34)52)41(60-45(56)29-18-13-12-14-19-29)27(6)42-33(31)43(54)46(8,61-42)58-21-20-30(57-11)24(3)40(59-28(7)49)26(5)37(51)25(4)36(22)50/h12-22,24-26,30,36-37,40,50-51H,1-11H3,(H,47,55)/b16-15-,21-20-,23-17-/t22-,24+,25+,26-,30-,36-,37-,40+,46-/m0/s1. The van der Waals surface area contributed by atoms with Gasteiger partial charge in [0, 0.05) is 69.9 Å². The third kappa shape index (κ3) is 8.95. The Bertz CT molecular complexity index is 2240. The largest absolute Gasteiger partial charge is 0.462 e. The number of fused-ring (bicyclic) bond motifs is 14. The van der Waals surface area contributed by atoms with Gasteiger partial charge in [-0.1, -0.05) is 64.1 Å². The molecular weight excluding hydrogens is 789 g/mol. The van der Waals surface area contributed by atoms with Gasteiger partial charge in [0.2, 0.25) is 11.6 Å². The highest BCUT2D eigenvalue weighted by atomic mass is 16.7. The number of hydrogen-bond donors (Lipinski definition) is 3. The highest BCUT2D eigenvalue weighted by Gasteiger charge is 2.53. The fourth-order valence-corrected chi connectivity index (χ4v) is 7.94. The second-order valence-corrected chi connectivity index (χ2v) is 16.1. The lowest BCUT2D eigenvalue weighted by molar-refractivity contribution is -0.160. The van der Waals surface area contributed by atoms with Crippen LogP contribution < -0.4 is 14.8 Å². The first-order chi connectivity index (χ1) is 28.7. The van der Waals surface area contributed by atoms with Crippen LogP contribution in [0.1, 0.15) is 95.5 Å². The van der Waals surface area contributed by atoms with E-state index in [0.29, 0.717) is 0 Å². The number of allylic oxidation sites excluding steroid dienone is 4. The van der Waals surface area contributed by atoms with Gasteiger partial charge in [0.25, 0.3) is 11.7 Å². The molecule has 0 saturated heterocycles. The third-order valence-corrected chi connectivity index (χ3v) is 11.6. The van der Waals surface area contributed by atoms with Gasteiger partial charge >= 0.3 is 17.7 Å². The van der Waals surface area contributed by atoms with Crippen molar-refractivity contribution in [2.45, 2.75) is 85.6 Å². The van der Waals surface area contributed by atoms with Crippen LogP contribution >= 0.6 is 0 Å². The molecule has 6 rings (SSSR count). The van der Waals surface area contributed by atoms with Crippen molar-refractivity contribution in [3.05, 3.63) is 106 Å². The number of methoxy groups -OCH3 is 1. The van der Waals surface area contributed by atoms with Crippen molar-refractivity contribution in [2.24, 2.45) is 23.7 Å². The Morgan fingerprint density at radius 1 is 0.869 bits per heavy atom. The third-order valence-electron chi connectivity index (χ3n) is 11.6. The Hall–Kier alpha value is -5.90. The minimum Gasteiger partial charge on any atom is -0.462 e. The van der Waals surface area contributed by atoms with E-state index < -0.39 is 106 Å². The number of hydrogen-bond acceptors (Lipinski definition) is 14. The summed E-state index contributed by atoms with van der Waals surface area (Å²) in [5, 5.41) is 25.5. The minimum atomic E-state index is -2.13. The van der Waals surface area contributed by atoms with E-state index in [2.05, 4.69) is 5.32 Å². The molecule has 326 valence electrons. The number of nitrogens with one attached hydrogen (secondary N) is 1. The van der Waals surface area contributed by atoms with E-state index >= 15 is 0 Å². The maximum Gasteiger partial charge on any atom is 0.343 e. The van der Waals surface area contributed by atoms with E-state index in [1.807, 2.05) is 0 Å². The number of ether oxygens (including phenoxy) is 5. The zero-order valence-electron chi connectivity index (χ0n) is 36.2. The SMILES string of the molecule is CO[C@H]1/C=C\O[C@@]2(C)Oc3c(C)c(OC(=O)c4ccccc4)c4c(c3C2=O)C(=O)C(N(C)C)=C(NC(=O)/C(C)=C\C=C/[C@H](C)[C@H](O)[C@@H](C)[C@H](O)[C@H](C)[C@H](OC(C)=O)[C@@H]1C)C4=O. The van der Waals surface area contributed by atoms with Crippen LogP contribution in [0.5, 0.6) is 11.5 Å². The van der Waals surface area contributed by atoms with E-state index in [1.54, 1.807) is 58.0 Å². The number of aliphatic hydroxyl groups excluding tert-OH is 2. The monoisotopic (exact) mass is 842 g/mol. The molecule has 1 amide bonds. The van der Waals surface area contributed by atoms with Crippen LogP contribution in [-0.4, -0.2) is 102 Å². The van der Waals surface area contributed by atoms with Gasteiger partial charge < -0.3 is 44.1 Å². The van der Waals surface area contributed by atoms with Gasteiger partial charge in [-0.05, 0) is 32.1 Å². The number of Topliss-reactive ketones (excluding diaryl/α,β-unsaturated/α-hetero) is 3. The van der Waals surface area contributed by atoms with Crippen molar-refractivity contribution in [2.75, 3.05) is 21.2 Å². The number of likely N-dealkylation sites (N-methyl/N-ethyl adjacent to an activating group) is 1. The second kappa shape index (κ2) is 18.4. The molecule has 0 unspecified atom stereocenters. The summed E-state index contributed by atoms with van der Waals surface area (Å²) >= 11 is 0. The van der Waals surface area contributed by atoms with Crippen LogP contribution in [0.3, 0.4) is 0 Å². The molecule has 61 heavy (non-hydrogen) atoms. The van der Waals surface area contributed by atoms with Crippen LogP contribution in [0.2, 0.25) is 0 Å². The predicted octanol–water partition coefficient (Wildman–Crippen LogP) is 5.03. The number of rotatable bonds is 5. The maximum atomic E-state index is 14.8. The maximum absolute atomic E-state index is 14.8. The summed E-state index contributed by atoms with van der Waals surface area (Å²) in [5.74, 6) is -10.1. The molecule has 0 spiro atoms. The van der Waals surface area contributed by atoms with Crippen molar-refractivity contribution >= 4 is 35.2 Å². The number of amides is 1. The number of esters is 2. The van der Waals surface area contributed by atoms with E-state index in [9.17, 15) is 39.0 Å². The first-order valence-corrected chi connectivity index (χ1v) is 20.0. The summed E-state index contributed by atoms with van der Waals surface area (Å²) in [6, 6.07) is 7.93. The number of carbonyl (C=O) groups is 6. The molecule has 15 heteroatoms. The molecule has 4 aliphatic rings. The quantitative estimate of drug-likeness (QED) is 0.267. The highest BCUT2D eigenvalue weighted by Crippen LogP contribution is 2.49. The minimum absolute atomic E-state index is 0.0280. The zero-order chi connectivity index (χ0) is 45.2. The molecule has 5 bridgehead atoms. The number of aliphatic hydroxyl groups is 2. The molecule has 15 nitrogen and oxygen atoms in total. The Balaban J connectivity index is 1.72. The van der Waals surface area contributed by atoms with Gasteiger partial charge in [-0.2, -0.15) is 0 Å². The molecule has 3 aliphatic heterocycles. The van der Waals surface area contributed by atoms with E-state index in [1.165, 1.54) is 84.3 Å². The van der Waals surface area contributed by atoms with E-state index in [0.717, 1.165) is 0 Å². The first kappa shape index (κ1) is 46.2. The van der Waals surface area contributed by atoms with Gasteiger partial charge in [-0.25, -0.2) is 4.79 Å². The summed E-state index contributed by atoms with van der Waals surface area (Å²) in [6.45, 7) is 12.3. The Morgan fingerprint density at radius 2 is 1.52 bits per heavy atom. The normalized spacial score (nSPS) is 30.3. The fourth-order valence-electron chi connectivity index (χ4n) is 7.94. The highest BCUT2D eigenvalue weighted by molar-refractivity contribution is 6.32. The van der Waals surface area contributed by atoms with Crippen molar-refractivity contribution in [3.63, 3.8) is 0 Å². The van der Waals surface area contributed by atoms with Crippen LogP contribution in [0.25, 0.3) is 0 Å². The van der Waals surface area contributed by atoms with Crippen LogP contribution in [0, 0.1) is 30.6 Å². The van der Waals surface area contributed by atoms with Crippen LogP contribution in [0.15, 0.2) is 77.9 Å². The number of ketones is 3. The molecular formula is C46H54N2O13. The van der Waals surface area contributed by atoms with Crippen molar-refractivity contribution in [3.8, 4) is 11.5 Å². The topological polar surface area (TPSA) is 204 Å². The average molecular weight is 843 g/mol. The smallest absolute Gasteiger partial charge is 0.343 e. The molecule has 0 saturated carbocycles. The summed E-state index contributed by atoms with van der Waals surface area (Å²) < 4.78 is 29.6. The average Bonchev–Trinajstić information content (AvgIpc) is 3.48. The summed E-state index contributed by atoms with van der Waals surface area (Å²) in [5.41, 5.74) is -1.54. The van der Waals surface area contributed by atoms with Gasteiger partial charge in [-0.3, -0.25) is 24.0 Å². The molecule has 0 fully saturated rings. The van der Waals surface area contributed by atoms with Gasteiger partial charge in [0.15, 0.2) is 0 Å². The lowest BCUT2D eigenvalue weighted by Gasteiger charge is -2.38. The van der Waals surface area contributed by atoms with E-state index in [-0.39, 0.29) is 39.5 Å². The molecule has 1 aliphatic carbocycles. The molecule has 0 radical (unpaired) electrons. The van der Waals surface area contributed by atoms with Gasteiger partial charge in [-0.15, -0.1) is 0 Å². The van der Waals surface area contributed by atoms with Crippen molar-refractivity contribution in [1.82, 2.24) is 10.2 Å². The Kier molecular flexibility index (Phi) is 13.9. The molecule has 3 N–H and O–H groups in total. The summed E-state index contributed by atoms with van der Waals surface area (Å²) in [7, 11) is 4.40. The lowest BCUT2D eigenvalue weighted by atomic mass is 9.78. The molecule has 9 atom stereocenters. The Labute approximate surface area is 355 Å². The van der Waals surface area contributed by atoms with Crippen molar-refractivity contribution in [1.29, 1.82) is 0 Å². The summed E-state index contributed by atoms with van der Waals surface area (Å²) in [4.78, 5) is 85.2. The fraction of sp³-hybridized carbons (Fsp3) is 0.435. The Morgan fingerprint density at radius 3 is 2.13 bits per heavy atom. The number of benzene rings is 2. The molecule has 3 heterocycles.